The van der Waals surface area contributed by atoms with E-state index in [1.165, 1.54) is 24.3 Å². The minimum absolute atomic E-state index is 0.0831. The van der Waals surface area contributed by atoms with E-state index in [1.807, 2.05) is 13.8 Å². The summed E-state index contributed by atoms with van der Waals surface area (Å²) in [7, 11) is 0. The number of hydrogen-bond acceptors (Lipinski definition) is 3. The van der Waals surface area contributed by atoms with Crippen LogP contribution in [0.1, 0.15) is 30.6 Å². The molecular formula is C14H19NO4. The Morgan fingerprint density at radius 2 is 1.79 bits per heavy atom. The standard InChI is InChI=1S/C14H19NO4/c1-9(2)7-11(14(18)19)8-15-13(17)10-3-5-12(16)6-4-10/h3-6,9,11,16H,7-8H2,1-2H3,(H,15,17)(H,18,19). The van der Waals surface area contributed by atoms with E-state index in [1.54, 1.807) is 0 Å². The minimum atomic E-state index is -0.903. The Morgan fingerprint density at radius 3 is 2.26 bits per heavy atom. The number of rotatable bonds is 6. The Hall–Kier alpha value is -2.04. The second-order valence-corrected chi connectivity index (χ2v) is 4.92. The van der Waals surface area contributed by atoms with Gasteiger partial charge in [0.2, 0.25) is 0 Å². The predicted molar refractivity (Wildman–Crippen MR) is 71.0 cm³/mol. The van der Waals surface area contributed by atoms with Crippen molar-refractivity contribution in [3.63, 3.8) is 0 Å². The maximum absolute atomic E-state index is 11.8. The largest absolute Gasteiger partial charge is 0.508 e. The third kappa shape index (κ3) is 4.99. The summed E-state index contributed by atoms with van der Waals surface area (Å²) in [5, 5.41) is 20.8. The van der Waals surface area contributed by atoms with Crippen LogP contribution in [0.2, 0.25) is 0 Å². The first-order chi connectivity index (χ1) is 8.90. The van der Waals surface area contributed by atoms with Crippen molar-refractivity contribution in [3.8, 4) is 5.75 Å². The fourth-order valence-electron chi connectivity index (χ4n) is 1.77. The van der Waals surface area contributed by atoms with Gasteiger partial charge in [0.15, 0.2) is 0 Å². The van der Waals surface area contributed by atoms with Crippen molar-refractivity contribution >= 4 is 11.9 Å². The Balaban J connectivity index is 2.56. The third-order valence-corrected chi connectivity index (χ3v) is 2.74. The molecule has 0 radical (unpaired) electrons. The molecule has 0 aliphatic carbocycles. The van der Waals surface area contributed by atoms with Crippen LogP contribution in [0.5, 0.6) is 5.75 Å². The SMILES string of the molecule is CC(C)CC(CNC(=O)c1ccc(O)cc1)C(=O)O. The molecule has 0 saturated heterocycles. The van der Waals surface area contributed by atoms with Crippen molar-refractivity contribution in [2.45, 2.75) is 20.3 Å². The van der Waals surface area contributed by atoms with E-state index >= 15 is 0 Å². The molecule has 0 aliphatic heterocycles. The number of phenolic OH excluding ortho intramolecular Hbond substituents is 1. The zero-order valence-electron chi connectivity index (χ0n) is 11.1. The summed E-state index contributed by atoms with van der Waals surface area (Å²) in [5.41, 5.74) is 0.395. The summed E-state index contributed by atoms with van der Waals surface area (Å²) in [4.78, 5) is 22.8. The summed E-state index contributed by atoms with van der Waals surface area (Å²) in [5.74, 6) is -1.48. The van der Waals surface area contributed by atoms with Crippen LogP contribution in [0.3, 0.4) is 0 Å². The molecule has 0 spiro atoms. The topological polar surface area (TPSA) is 86.6 Å². The van der Waals surface area contributed by atoms with Gasteiger partial charge in [-0.2, -0.15) is 0 Å². The number of benzene rings is 1. The monoisotopic (exact) mass is 265 g/mol. The molecule has 19 heavy (non-hydrogen) atoms. The van der Waals surface area contributed by atoms with Gasteiger partial charge in [-0.05, 0) is 36.6 Å². The van der Waals surface area contributed by atoms with Crippen LogP contribution in [0, 0.1) is 11.8 Å². The van der Waals surface area contributed by atoms with E-state index < -0.39 is 11.9 Å². The smallest absolute Gasteiger partial charge is 0.308 e. The lowest BCUT2D eigenvalue weighted by Crippen LogP contribution is -2.33. The molecule has 3 N–H and O–H groups in total. The van der Waals surface area contributed by atoms with E-state index in [2.05, 4.69) is 5.32 Å². The molecule has 0 aliphatic rings. The molecule has 1 aromatic carbocycles. The molecule has 1 rings (SSSR count). The number of carboxylic acids is 1. The molecule has 0 fully saturated rings. The van der Waals surface area contributed by atoms with Crippen LogP contribution in [-0.2, 0) is 4.79 Å². The van der Waals surface area contributed by atoms with Crippen molar-refractivity contribution in [1.82, 2.24) is 5.32 Å². The number of phenols is 1. The van der Waals surface area contributed by atoms with Gasteiger partial charge in [0.25, 0.3) is 5.91 Å². The molecular weight excluding hydrogens is 246 g/mol. The third-order valence-electron chi connectivity index (χ3n) is 2.74. The van der Waals surface area contributed by atoms with Gasteiger partial charge < -0.3 is 15.5 Å². The fraction of sp³-hybridized carbons (Fsp3) is 0.429. The van der Waals surface area contributed by atoms with E-state index in [0.717, 1.165) is 0 Å². The predicted octanol–water partition coefficient (Wildman–Crippen LogP) is 1.87. The van der Waals surface area contributed by atoms with Crippen molar-refractivity contribution < 1.29 is 19.8 Å². The van der Waals surface area contributed by atoms with Crippen molar-refractivity contribution in [1.29, 1.82) is 0 Å². The summed E-state index contributed by atoms with van der Waals surface area (Å²) in [6, 6.07) is 5.81. The van der Waals surface area contributed by atoms with Gasteiger partial charge in [0, 0.05) is 12.1 Å². The molecule has 1 unspecified atom stereocenters. The molecule has 1 amide bonds. The summed E-state index contributed by atoms with van der Waals surface area (Å²) in [6.45, 7) is 3.99. The van der Waals surface area contributed by atoms with Gasteiger partial charge >= 0.3 is 5.97 Å². The Kier molecular flexibility index (Phi) is 5.36. The number of carbonyl (C=O) groups is 2. The molecule has 104 valence electrons. The van der Waals surface area contributed by atoms with Crippen LogP contribution in [-0.4, -0.2) is 28.6 Å². The van der Waals surface area contributed by atoms with Crippen molar-refractivity contribution in [3.05, 3.63) is 29.8 Å². The second-order valence-electron chi connectivity index (χ2n) is 4.92. The number of hydrogen-bond donors (Lipinski definition) is 3. The number of aromatic hydroxyl groups is 1. The number of carboxylic acid groups (broad SMARTS) is 1. The normalized spacial score (nSPS) is 12.2. The van der Waals surface area contributed by atoms with Gasteiger partial charge in [-0.3, -0.25) is 9.59 Å². The zero-order valence-corrected chi connectivity index (χ0v) is 11.1. The van der Waals surface area contributed by atoms with E-state index in [9.17, 15) is 9.59 Å². The summed E-state index contributed by atoms with van der Waals surface area (Å²) >= 11 is 0. The Labute approximate surface area is 112 Å². The molecule has 0 bridgehead atoms. The first-order valence-corrected chi connectivity index (χ1v) is 6.20. The van der Waals surface area contributed by atoms with E-state index in [-0.39, 0.29) is 24.1 Å². The highest BCUT2D eigenvalue weighted by molar-refractivity contribution is 5.94. The fourth-order valence-corrected chi connectivity index (χ4v) is 1.77. The molecule has 5 nitrogen and oxygen atoms in total. The number of amides is 1. The molecule has 0 aromatic heterocycles. The Morgan fingerprint density at radius 1 is 1.21 bits per heavy atom. The van der Waals surface area contributed by atoms with Crippen LogP contribution in [0.4, 0.5) is 0 Å². The van der Waals surface area contributed by atoms with Crippen LogP contribution < -0.4 is 5.32 Å². The first kappa shape index (κ1) is 15.0. The Bertz CT molecular complexity index is 439. The van der Waals surface area contributed by atoms with Crippen LogP contribution in [0.15, 0.2) is 24.3 Å². The lowest BCUT2D eigenvalue weighted by atomic mass is 9.97. The summed E-state index contributed by atoms with van der Waals surface area (Å²) in [6.07, 6.45) is 0.519. The molecule has 0 heterocycles. The number of aliphatic carboxylic acids is 1. The average Bonchev–Trinajstić information content (AvgIpc) is 2.34. The highest BCUT2D eigenvalue weighted by atomic mass is 16.4. The lowest BCUT2D eigenvalue weighted by molar-refractivity contribution is -0.142. The van der Waals surface area contributed by atoms with Gasteiger partial charge in [-0.15, -0.1) is 0 Å². The molecule has 1 atom stereocenters. The van der Waals surface area contributed by atoms with Gasteiger partial charge in [-0.1, -0.05) is 13.8 Å². The summed E-state index contributed by atoms with van der Waals surface area (Å²) < 4.78 is 0. The average molecular weight is 265 g/mol. The van der Waals surface area contributed by atoms with Gasteiger partial charge in [0.05, 0.1) is 5.92 Å². The van der Waals surface area contributed by atoms with Gasteiger partial charge in [0.1, 0.15) is 5.75 Å². The maximum Gasteiger partial charge on any atom is 0.308 e. The quantitative estimate of drug-likeness (QED) is 0.732. The maximum atomic E-state index is 11.8. The lowest BCUT2D eigenvalue weighted by Gasteiger charge is -2.15. The highest BCUT2D eigenvalue weighted by Gasteiger charge is 2.19. The molecule has 0 saturated carbocycles. The highest BCUT2D eigenvalue weighted by Crippen LogP contribution is 2.12. The van der Waals surface area contributed by atoms with Crippen LogP contribution >= 0.6 is 0 Å². The van der Waals surface area contributed by atoms with E-state index in [4.69, 9.17) is 10.2 Å². The van der Waals surface area contributed by atoms with Gasteiger partial charge in [-0.25, -0.2) is 0 Å². The number of carbonyl (C=O) groups excluding carboxylic acids is 1. The van der Waals surface area contributed by atoms with E-state index in [0.29, 0.717) is 12.0 Å². The molecule has 1 aromatic rings. The zero-order chi connectivity index (χ0) is 14.4. The van der Waals surface area contributed by atoms with Crippen molar-refractivity contribution in [2.24, 2.45) is 11.8 Å². The van der Waals surface area contributed by atoms with Crippen molar-refractivity contribution in [2.75, 3.05) is 6.54 Å². The molecule has 5 heteroatoms. The minimum Gasteiger partial charge on any atom is -0.508 e. The van der Waals surface area contributed by atoms with Crippen LogP contribution in [0.25, 0.3) is 0 Å². The number of nitrogens with one attached hydrogen (secondary N) is 1. The first-order valence-electron chi connectivity index (χ1n) is 6.20. The second kappa shape index (κ2) is 6.78.